The number of hydrogen-bond acceptors (Lipinski definition) is 1. The van der Waals surface area contributed by atoms with Gasteiger partial charge in [0.05, 0.1) is 5.69 Å². The first-order chi connectivity index (χ1) is 7.75. The van der Waals surface area contributed by atoms with Crippen LogP contribution in [0, 0.1) is 6.92 Å². The van der Waals surface area contributed by atoms with Crippen LogP contribution in [0.15, 0.2) is 59.6 Å². The quantitative estimate of drug-likeness (QED) is 0.659. The minimum absolute atomic E-state index is 1.00. The average molecular weight is 209 g/mol. The van der Waals surface area contributed by atoms with Crippen molar-refractivity contribution in [3.8, 4) is 0 Å². The van der Waals surface area contributed by atoms with Gasteiger partial charge >= 0.3 is 0 Å². The van der Waals surface area contributed by atoms with E-state index < -0.39 is 0 Å². The molecule has 0 saturated carbocycles. The summed E-state index contributed by atoms with van der Waals surface area (Å²) in [6, 6.07) is 18.5. The van der Waals surface area contributed by atoms with Gasteiger partial charge in [0.2, 0.25) is 0 Å². The van der Waals surface area contributed by atoms with Crippen molar-refractivity contribution in [3.63, 3.8) is 0 Å². The van der Waals surface area contributed by atoms with Crippen LogP contribution in [0.5, 0.6) is 0 Å². The van der Waals surface area contributed by atoms with Gasteiger partial charge in [0.15, 0.2) is 0 Å². The van der Waals surface area contributed by atoms with E-state index in [9.17, 15) is 0 Å². The first-order valence-corrected chi connectivity index (χ1v) is 5.43. The van der Waals surface area contributed by atoms with Gasteiger partial charge < -0.3 is 0 Å². The molecule has 0 aliphatic rings. The van der Waals surface area contributed by atoms with Crippen LogP contribution in [0.25, 0.3) is 0 Å². The van der Waals surface area contributed by atoms with E-state index in [0.717, 1.165) is 11.4 Å². The van der Waals surface area contributed by atoms with Crippen LogP contribution in [0.4, 0.5) is 5.69 Å². The largest absolute Gasteiger partial charge is 0.253 e. The molecular weight excluding hydrogens is 194 g/mol. The van der Waals surface area contributed by atoms with Gasteiger partial charge in [-0.1, -0.05) is 48.0 Å². The molecule has 2 aromatic rings. The fourth-order valence-electron chi connectivity index (χ4n) is 1.56. The fraction of sp³-hybridized carbons (Fsp3) is 0.133. The van der Waals surface area contributed by atoms with Crippen LogP contribution in [0.1, 0.15) is 18.1 Å². The minimum Gasteiger partial charge on any atom is -0.253 e. The molecule has 1 nitrogen and oxygen atoms in total. The van der Waals surface area contributed by atoms with Gasteiger partial charge in [-0.2, -0.15) is 0 Å². The van der Waals surface area contributed by atoms with Crippen molar-refractivity contribution in [3.05, 3.63) is 65.7 Å². The summed E-state index contributed by atoms with van der Waals surface area (Å²) in [7, 11) is 0. The highest BCUT2D eigenvalue weighted by Crippen LogP contribution is 2.13. The lowest BCUT2D eigenvalue weighted by molar-refractivity contribution is 1.43. The van der Waals surface area contributed by atoms with Crippen LogP contribution in [0.3, 0.4) is 0 Å². The van der Waals surface area contributed by atoms with Crippen LogP contribution in [0.2, 0.25) is 0 Å². The zero-order valence-corrected chi connectivity index (χ0v) is 9.64. The average Bonchev–Trinajstić information content (AvgIpc) is 2.31. The van der Waals surface area contributed by atoms with Crippen LogP contribution >= 0.6 is 0 Å². The molecule has 0 amide bonds. The van der Waals surface area contributed by atoms with E-state index in [-0.39, 0.29) is 0 Å². The lowest BCUT2D eigenvalue weighted by atomic mass is 10.1. The maximum Gasteiger partial charge on any atom is 0.0633 e. The van der Waals surface area contributed by atoms with Gasteiger partial charge in [-0.25, -0.2) is 0 Å². The predicted molar refractivity (Wildman–Crippen MR) is 69.5 cm³/mol. The van der Waals surface area contributed by atoms with Gasteiger partial charge in [-0.15, -0.1) is 0 Å². The molecule has 0 unspecified atom stereocenters. The molecular formula is C15H15N. The summed E-state index contributed by atoms with van der Waals surface area (Å²) in [6.45, 7) is 4.13. The molecule has 2 rings (SSSR count). The molecule has 0 bridgehead atoms. The standard InChI is InChI=1S/C15H15N/c1-12-8-10-14(11-9-12)13(2)16-15-6-4-3-5-7-15/h3-11H,1-2H3/b16-13+. The summed E-state index contributed by atoms with van der Waals surface area (Å²) in [5.41, 5.74) is 4.50. The molecule has 80 valence electrons. The van der Waals surface area contributed by atoms with E-state index in [0.29, 0.717) is 0 Å². The summed E-state index contributed by atoms with van der Waals surface area (Å²) >= 11 is 0. The van der Waals surface area contributed by atoms with Crippen LogP contribution in [-0.2, 0) is 0 Å². The summed E-state index contributed by atoms with van der Waals surface area (Å²) < 4.78 is 0. The van der Waals surface area contributed by atoms with Gasteiger partial charge in [-0.3, -0.25) is 4.99 Å². The van der Waals surface area contributed by atoms with Crippen molar-refractivity contribution in [2.45, 2.75) is 13.8 Å². The zero-order valence-electron chi connectivity index (χ0n) is 9.64. The maximum absolute atomic E-state index is 4.58. The van der Waals surface area contributed by atoms with Gasteiger partial charge in [0.1, 0.15) is 0 Å². The maximum atomic E-state index is 4.58. The molecule has 0 aliphatic carbocycles. The Morgan fingerprint density at radius 2 is 1.50 bits per heavy atom. The summed E-state index contributed by atoms with van der Waals surface area (Å²) in [5.74, 6) is 0. The highest BCUT2D eigenvalue weighted by atomic mass is 14.7. The molecule has 0 fully saturated rings. The Hall–Kier alpha value is -1.89. The highest BCUT2D eigenvalue weighted by Gasteiger charge is 1.96. The Labute approximate surface area is 96.5 Å². The van der Waals surface area contributed by atoms with E-state index in [1.165, 1.54) is 11.1 Å². The number of aryl methyl sites for hydroxylation is 1. The third-order valence-corrected chi connectivity index (χ3v) is 2.52. The molecule has 0 atom stereocenters. The Kier molecular flexibility index (Phi) is 3.16. The molecule has 0 radical (unpaired) electrons. The molecule has 0 N–H and O–H groups in total. The Bertz CT molecular complexity index is 481. The van der Waals surface area contributed by atoms with E-state index in [1.807, 2.05) is 37.3 Å². The fourth-order valence-corrected chi connectivity index (χ4v) is 1.56. The third-order valence-electron chi connectivity index (χ3n) is 2.52. The number of benzene rings is 2. The van der Waals surface area contributed by atoms with E-state index >= 15 is 0 Å². The second-order valence-corrected chi connectivity index (χ2v) is 3.90. The molecule has 0 spiro atoms. The monoisotopic (exact) mass is 209 g/mol. The molecule has 1 heteroatoms. The number of rotatable bonds is 2. The Balaban J connectivity index is 2.28. The highest BCUT2D eigenvalue weighted by molar-refractivity contribution is 6.00. The number of nitrogens with zero attached hydrogens (tertiary/aromatic N) is 1. The number of para-hydroxylation sites is 1. The molecule has 0 heterocycles. The van der Waals surface area contributed by atoms with Crippen LogP contribution in [-0.4, -0.2) is 5.71 Å². The van der Waals surface area contributed by atoms with Gasteiger partial charge in [0.25, 0.3) is 0 Å². The van der Waals surface area contributed by atoms with Crippen molar-refractivity contribution in [1.29, 1.82) is 0 Å². The zero-order chi connectivity index (χ0) is 11.4. The van der Waals surface area contributed by atoms with E-state index in [2.05, 4.69) is 36.2 Å². The minimum atomic E-state index is 1.00. The lowest BCUT2D eigenvalue weighted by Gasteiger charge is -2.01. The lowest BCUT2D eigenvalue weighted by Crippen LogP contribution is -1.93. The van der Waals surface area contributed by atoms with E-state index in [4.69, 9.17) is 0 Å². The SMILES string of the molecule is C/C(=N\c1ccccc1)c1ccc(C)cc1. The van der Waals surface area contributed by atoms with E-state index in [1.54, 1.807) is 0 Å². The van der Waals surface area contributed by atoms with Crippen molar-refractivity contribution < 1.29 is 0 Å². The first kappa shape index (κ1) is 10.6. The number of aliphatic imine (C=N–C) groups is 1. The second-order valence-electron chi connectivity index (χ2n) is 3.90. The number of hydrogen-bond donors (Lipinski definition) is 0. The summed E-state index contributed by atoms with van der Waals surface area (Å²) in [5, 5.41) is 0. The van der Waals surface area contributed by atoms with Crippen molar-refractivity contribution >= 4 is 11.4 Å². The van der Waals surface area contributed by atoms with Gasteiger partial charge in [-0.05, 0) is 31.5 Å². The second kappa shape index (κ2) is 4.75. The molecule has 0 aliphatic heterocycles. The molecule has 0 saturated heterocycles. The smallest absolute Gasteiger partial charge is 0.0633 e. The van der Waals surface area contributed by atoms with Crippen molar-refractivity contribution in [2.24, 2.45) is 4.99 Å². The van der Waals surface area contributed by atoms with Crippen molar-refractivity contribution in [1.82, 2.24) is 0 Å². The molecule has 2 aromatic carbocycles. The topological polar surface area (TPSA) is 12.4 Å². The molecule has 16 heavy (non-hydrogen) atoms. The Morgan fingerprint density at radius 1 is 0.875 bits per heavy atom. The summed E-state index contributed by atoms with van der Waals surface area (Å²) in [4.78, 5) is 4.58. The van der Waals surface area contributed by atoms with Crippen molar-refractivity contribution in [2.75, 3.05) is 0 Å². The third kappa shape index (κ3) is 2.57. The predicted octanol–water partition coefficient (Wildman–Crippen LogP) is 4.14. The molecule has 0 aromatic heterocycles. The van der Waals surface area contributed by atoms with Crippen LogP contribution < -0.4 is 0 Å². The Morgan fingerprint density at radius 3 is 2.12 bits per heavy atom. The first-order valence-electron chi connectivity index (χ1n) is 5.43. The summed E-state index contributed by atoms with van der Waals surface area (Å²) in [6.07, 6.45) is 0. The van der Waals surface area contributed by atoms with Gasteiger partial charge in [0, 0.05) is 5.71 Å². The normalized spacial score (nSPS) is 11.5.